The van der Waals surface area contributed by atoms with Gasteiger partial charge in [0.25, 0.3) is 0 Å². The zero-order valence-electron chi connectivity index (χ0n) is 32.9. The smallest absolute Gasteiger partial charge is 0.306 e. The molecule has 3 unspecified atom stereocenters. The molecule has 0 aromatic heterocycles. The van der Waals surface area contributed by atoms with Crippen molar-refractivity contribution in [2.75, 3.05) is 6.61 Å². The first-order valence-electron chi connectivity index (χ1n) is 20.2. The zero-order valence-corrected chi connectivity index (χ0v) is 32.9. The topological polar surface area (TPSA) is 95.9 Å². The molecular weight excluding hydrogens is 647 g/mol. The molecule has 0 aromatic carbocycles. The van der Waals surface area contributed by atoms with Crippen LogP contribution in [0.15, 0.2) is 109 Å². The Hall–Kier alpha value is -3.48. The molecule has 0 saturated carbocycles. The molecule has 6 heteroatoms. The number of carbonyl (C=O) groups excluding carboxylic acids is 2. The van der Waals surface area contributed by atoms with Gasteiger partial charge in [-0.1, -0.05) is 194 Å². The summed E-state index contributed by atoms with van der Waals surface area (Å²) < 4.78 is 5.76. The summed E-state index contributed by atoms with van der Waals surface area (Å²) >= 11 is 0. The molecule has 0 aromatic rings. The Balaban J connectivity index is 4.90. The SMILES string of the molecule is CC/C=C/C=C/C=C\C=C/C=C/CC(CC(=O)NC(CO)C(O)CCCCCCCCCCC)OC(=O)CCCCC\C=C/C=C\C=C\C=C\CC. The third-order valence-corrected chi connectivity index (χ3v) is 8.32. The highest BCUT2D eigenvalue weighted by atomic mass is 16.5. The predicted octanol–water partition coefficient (Wildman–Crippen LogP) is 11.2. The monoisotopic (exact) mass is 720 g/mol. The number of hydrogen-bond donors (Lipinski definition) is 3. The molecule has 0 spiro atoms. The first kappa shape index (κ1) is 48.5. The van der Waals surface area contributed by atoms with Gasteiger partial charge in [-0.2, -0.15) is 0 Å². The first-order chi connectivity index (χ1) is 25.5. The first-order valence-corrected chi connectivity index (χ1v) is 20.2. The van der Waals surface area contributed by atoms with Crippen molar-refractivity contribution >= 4 is 11.9 Å². The summed E-state index contributed by atoms with van der Waals surface area (Å²) in [4.78, 5) is 25.8. The summed E-state index contributed by atoms with van der Waals surface area (Å²) in [6.45, 7) is 6.08. The van der Waals surface area contributed by atoms with Gasteiger partial charge in [0.1, 0.15) is 6.10 Å². The number of carbonyl (C=O) groups is 2. The van der Waals surface area contributed by atoms with Gasteiger partial charge in [0.15, 0.2) is 0 Å². The molecular formula is C46H73NO5. The number of unbranched alkanes of at least 4 members (excludes halogenated alkanes) is 11. The molecule has 3 N–H and O–H groups in total. The number of aliphatic hydroxyl groups excluding tert-OH is 2. The molecule has 292 valence electrons. The van der Waals surface area contributed by atoms with E-state index in [4.69, 9.17) is 4.74 Å². The highest BCUT2D eigenvalue weighted by Crippen LogP contribution is 2.14. The maximum atomic E-state index is 13.0. The Kier molecular flexibility index (Phi) is 36.2. The van der Waals surface area contributed by atoms with E-state index in [0.29, 0.717) is 19.3 Å². The minimum atomic E-state index is -0.828. The van der Waals surface area contributed by atoms with Crippen molar-refractivity contribution in [1.29, 1.82) is 0 Å². The van der Waals surface area contributed by atoms with E-state index in [2.05, 4.69) is 44.3 Å². The fourth-order valence-electron chi connectivity index (χ4n) is 5.28. The molecule has 1 amide bonds. The Bertz CT molecular complexity index is 1120. The standard InChI is InChI=1S/C46H73NO5/c1-4-7-10-13-16-19-21-22-24-27-30-33-36-39-46(51)52-42(37-34-31-28-26-23-20-17-14-11-8-5-2)40-45(50)47-43(41-48)44(49)38-35-32-29-25-18-15-12-9-6-3/h7-8,10-11,13-14,16-17,19-24,26,28,31,34,42-44,48-49H,4-6,9,12,15,18,25,27,29-30,32-33,35-41H2,1-3H3,(H,47,50)/b10-7+,11-8+,16-13+,17-14+,21-19-,23-20-,24-22-,28-26-,34-31+. The molecule has 52 heavy (non-hydrogen) atoms. The van der Waals surface area contributed by atoms with Crippen LogP contribution < -0.4 is 5.32 Å². The maximum Gasteiger partial charge on any atom is 0.306 e. The number of nitrogens with one attached hydrogen (secondary N) is 1. The summed E-state index contributed by atoms with van der Waals surface area (Å²) in [6.07, 6.45) is 51.7. The van der Waals surface area contributed by atoms with E-state index in [1.54, 1.807) is 0 Å². The van der Waals surface area contributed by atoms with Crippen molar-refractivity contribution in [2.24, 2.45) is 0 Å². The normalized spacial score (nSPS) is 14.6. The number of aliphatic hydroxyl groups is 2. The van der Waals surface area contributed by atoms with E-state index in [-0.39, 0.29) is 24.9 Å². The third-order valence-electron chi connectivity index (χ3n) is 8.32. The zero-order chi connectivity index (χ0) is 38.2. The molecule has 6 nitrogen and oxygen atoms in total. The van der Waals surface area contributed by atoms with Crippen molar-refractivity contribution in [3.8, 4) is 0 Å². The molecule has 0 fully saturated rings. The summed E-state index contributed by atoms with van der Waals surface area (Å²) in [5.41, 5.74) is 0. The molecule has 3 atom stereocenters. The minimum Gasteiger partial charge on any atom is -0.461 e. The quantitative estimate of drug-likeness (QED) is 0.0356. The lowest BCUT2D eigenvalue weighted by Crippen LogP contribution is -2.46. The maximum absolute atomic E-state index is 13.0. The summed E-state index contributed by atoms with van der Waals surface area (Å²) in [6, 6.07) is -0.751. The molecule has 0 saturated heterocycles. The van der Waals surface area contributed by atoms with Gasteiger partial charge in [0.2, 0.25) is 5.91 Å². The highest BCUT2D eigenvalue weighted by Gasteiger charge is 2.23. The lowest BCUT2D eigenvalue weighted by atomic mass is 10.0. The van der Waals surface area contributed by atoms with E-state index in [1.807, 2.05) is 91.1 Å². The van der Waals surface area contributed by atoms with Crippen molar-refractivity contribution in [2.45, 2.75) is 161 Å². The van der Waals surface area contributed by atoms with E-state index in [0.717, 1.165) is 57.8 Å². The Morgan fingerprint density at radius 2 is 1.08 bits per heavy atom. The molecule has 0 aliphatic rings. The van der Waals surface area contributed by atoms with Gasteiger partial charge in [-0.25, -0.2) is 0 Å². The van der Waals surface area contributed by atoms with E-state index in [1.165, 1.54) is 38.5 Å². The average molecular weight is 720 g/mol. The van der Waals surface area contributed by atoms with E-state index >= 15 is 0 Å². The molecule has 0 radical (unpaired) electrons. The number of rotatable bonds is 33. The summed E-state index contributed by atoms with van der Waals surface area (Å²) in [5.74, 6) is -0.674. The van der Waals surface area contributed by atoms with Crippen LogP contribution in [0.25, 0.3) is 0 Å². The van der Waals surface area contributed by atoms with Crippen molar-refractivity contribution in [1.82, 2.24) is 5.32 Å². The van der Waals surface area contributed by atoms with Crippen LogP contribution >= 0.6 is 0 Å². The van der Waals surface area contributed by atoms with Crippen LogP contribution in [0, 0.1) is 0 Å². The van der Waals surface area contributed by atoms with Crippen molar-refractivity contribution in [3.05, 3.63) is 109 Å². The molecule has 0 rings (SSSR count). The molecule has 0 bridgehead atoms. The van der Waals surface area contributed by atoms with Gasteiger partial charge in [-0.15, -0.1) is 0 Å². The van der Waals surface area contributed by atoms with Gasteiger partial charge in [-0.3, -0.25) is 9.59 Å². The number of allylic oxidation sites excluding steroid dienone is 17. The minimum absolute atomic E-state index is 0.0422. The highest BCUT2D eigenvalue weighted by molar-refractivity contribution is 5.77. The van der Waals surface area contributed by atoms with Gasteiger partial charge in [0.05, 0.1) is 25.2 Å². The summed E-state index contributed by atoms with van der Waals surface area (Å²) in [5, 5.41) is 23.4. The van der Waals surface area contributed by atoms with Gasteiger partial charge in [-0.05, 0) is 38.5 Å². The number of amides is 1. The van der Waals surface area contributed by atoms with Crippen LogP contribution in [-0.2, 0) is 14.3 Å². The van der Waals surface area contributed by atoms with Gasteiger partial charge < -0.3 is 20.3 Å². The Morgan fingerprint density at radius 3 is 1.62 bits per heavy atom. The van der Waals surface area contributed by atoms with Crippen LogP contribution in [0.2, 0.25) is 0 Å². The third kappa shape index (κ3) is 33.7. The lowest BCUT2D eigenvalue weighted by molar-refractivity contribution is -0.150. The van der Waals surface area contributed by atoms with E-state index < -0.39 is 18.2 Å². The molecule has 0 aliphatic heterocycles. The van der Waals surface area contributed by atoms with Crippen LogP contribution in [0.1, 0.15) is 143 Å². The number of esters is 1. The average Bonchev–Trinajstić information content (AvgIpc) is 3.13. The van der Waals surface area contributed by atoms with Crippen LogP contribution in [-0.4, -0.2) is 46.9 Å². The summed E-state index contributed by atoms with van der Waals surface area (Å²) in [7, 11) is 0. The number of hydrogen-bond acceptors (Lipinski definition) is 5. The second-order valence-corrected chi connectivity index (χ2v) is 13.1. The molecule has 0 heterocycles. The van der Waals surface area contributed by atoms with Gasteiger partial charge >= 0.3 is 5.97 Å². The Labute approximate surface area is 318 Å². The predicted molar refractivity (Wildman–Crippen MR) is 222 cm³/mol. The second kappa shape index (κ2) is 38.7. The number of ether oxygens (including phenoxy) is 1. The van der Waals surface area contributed by atoms with Crippen LogP contribution in [0.3, 0.4) is 0 Å². The van der Waals surface area contributed by atoms with Crippen molar-refractivity contribution < 1.29 is 24.5 Å². The van der Waals surface area contributed by atoms with Gasteiger partial charge in [0, 0.05) is 12.8 Å². The second-order valence-electron chi connectivity index (χ2n) is 13.1. The lowest BCUT2D eigenvalue weighted by Gasteiger charge is -2.24. The fourth-order valence-corrected chi connectivity index (χ4v) is 5.28. The fraction of sp³-hybridized carbons (Fsp3) is 0.565. The Morgan fingerprint density at radius 1 is 0.596 bits per heavy atom. The van der Waals surface area contributed by atoms with Crippen molar-refractivity contribution in [3.63, 3.8) is 0 Å². The van der Waals surface area contributed by atoms with E-state index in [9.17, 15) is 19.8 Å². The van der Waals surface area contributed by atoms with Crippen LogP contribution in [0.4, 0.5) is 0 Å². The molecule has 0 aliphatic carbocycles. The largest absolute Gasteiger partial charge is 0.461 e. The van der Waals surface area contributed by atoms with Crippen LogP contribution in [0.5, 0.6) is 0 Å².